The van der Waals surface area contributed by atoms with Crippen molar-refractivity contribution in [3.63, 3.8) is 0 Å². The van der Waals surface area contributed by atoms with Crippen LogP contribution in [0, 0.1) is 23.7 Å². The molecule has 0 heterocycles. The van der Waals surface area contributed by atoms with E-state index in [1.54, 1.807) is 6.92 Å². The molecule has 0 saturated carbocycles. The maximum atomic E-state index is 11.7. The number of esters is 1. The van der Waals surface area contributed by atoms with Gasteiger partial charge in [-0.2, -0.15) is 0 Å². The molecule has 3 nitrogen and oxygen atoms in total. The summed E-state index contributed by atoms with van der Waals surface area (Å²) in [4.78, 5) is 23.4. The summed E-state index contributed by atoms with van der Waals surface area (Å²) in [6.45, 7) is 7.67. The highest BCUT2D eigenvalue weighted by molar-refractivity contribution is 5.79. The molecule has 102 valence electrons. The van der Waals surface area contributed by atoms with Crippen LogP contribution in [0.4, 0.5) is 0 Å². The van der Waals surface area contributed by atoms with Crippen molar-refractivity contribution in [3.8, 4) is 0 Å². The minimum atomic E-state index is -0.193. The van der Waals surface area contributed by atoms with Crippen molar-refractivity contribution >= 4 is 11.8 Å². The molecule has 0 amide bonds. The van der Waals surface area contributed by atoms with Gasteiger partial charge in [0.2, 0.25) is 0 Å². The van der Waals surface area contributed by atoms with Crippen molar-refractivity contribution in [1.82, 2.24) is 0 Å². The molecule has 0 aliphatic heterocycles. The second-order valence-electron chi connectivity index (χ2n) is 5.52. The average Bonchev–Trinajstić information content (AvgIpc) is 2.35. The predicted molar refractivity (Wildman–Crippen MR) is 71.0 cm³/mol. The van der Waals surface area contributed by atoms with Crippen molar-refractivity contribution in [2.24, 2.45) is 23.7 Å². The summed E-state index contributed by atoms with van der Waals surface area (Å²) in [5.41, 5.74) is 1.32. The minimum Gasteiger partial charge on any atom is -0.469 e. The number of Topliss-reactive ketones (excluding diaryl/α,β-unsaturated/α-hetero) is 1. The fraction of sp³-hybridized carbons (Fsp3) is 0.733. The summed E-state index contributed by atoms with van der Waals surface area (Å²) in [5, 5.41) is 0. The third kappa shape index (κ3) is 3.21. The number of carbonyl (C=O) groups is 2. The summed E-state index contributed by atoms with van der Waals surface area (Å²) >= 11 is 0. The third-order valence-electron chi connectivity index (χ3n) is 4.28. The fourth-order valence-electron chi connectivity index (χ4n) is 2.83. The Bertz CT molecular complexity index is 357. The molecule has 0 fully saturated rings. The molecule has 0 N–H and O–H groups in total. The van der Waals surface area contributed by atoms with Crippen LogP contribution in [0.2, 0.25) is 0 Å². The highest BCUT2D eigenvalue weighted by atomic mass is 16.5. The van der Waals surface area contributed by atoms with Crippen LogP contribution in [0.25, 0.3) is 0 Å². The molecule has 2 unspecified atom stereocenters. The highest BCUT2D eigenvalue weighted by Gasteiger charge is 2.35. The SMILES string of the molecule is COC(=O)[C@H](C)[C@H](C)C1C=C(C)CCC1C(C)=O. The molecule has 0 aromatic carbocycles. The van der Waals surface area contributed by atoms with Gasteiger partial charge in [0, 0.05) is 5.92 Å². The first-order valence-corrected chi connectivity index (χ1v) is 6.64. The first kappa shape index (κ1) is 14.9. The van der Waals surface area contributed by atoms with E-state index in [4.69, 9.17) is 4.74 Å². The second-order valence-corrected chi connectivity index (χ2v) is 5.52. The standard InChI is InChI=1S/C15H24O3/c1-9-6-7-13(12(4)16)14(8-9)10(2)11(3)15(17)18-5/h8,10-11,13-14H,6-7H2,1-5H3/t10-,11+,13?,14?/m0/s1. The van der Waals surface area contributed by atoms with Gasteiger partial charge >= 0.3 is 5.97 Å². The fourth-order valence-corrected chi connectivity index (χ4v) is 2.83. The van der Waals surface area contributed by atoms with E-state index in [2.05, 4.69) is 13.0 Å². The Morgan fingerprint density at radius 2 is 2.00 bits per heavy atom. The molecule has 0 saturated heterocycles. The zero-order valence-corrected chi connectivity index (χ0v) is 12.0. The van der Waals surface area contributed by atoms with E-state index >= 15 is 0 Å². The van der Waals surface area contributed by atoms with E-state index in [1.165, 1.54) is 12.7 Å². The predicted octanol–water partition coefficient (Wildman–Crippen LogP) is 2.99. The van der Waals surface area contributed by atoms with Crippen LogP contribution in [-0.2, 0) is 14.3 Å². The topological polar surface area (TPSA) is 43.4 Å². The lowest BCUT2D eigenvalue weighted by Crippen LogP contribution is -2.34. The molecular formula is C15H24O3. The monoisotopic (exact) mass is 252 g/mol. The number of ketones is 1. The van der Waals surface area contributed by atoms with Crippen LogP contribution in [0.3, 0.4) is 0 Å². The van der Waals surface area contributed by atoms with Gasteiger partial charge in [-0.05, 0) is 38.5 Å². The van der Waals surface area contributed by atoms with Gasteiger partial charge in [0.05, 0.1) is 13.0 Å². The molecule has 18 heavy (non-hydrogen) atoms. The lowest BCUT2D eigenvalue weighted by Gasteiger charge is -2.34. The summed E-state index contributed by atoms with van der Waals surface area (Å²) in [6.07, 6.45) is 4.07. The van der Waals surface area contributed by atoms with Gasteiger partial charge in [-0.15, -0.1) is 0 Å². The van der Waals surface area contributed by atoms with Gasteiger partial charge in [-0.3, -0.25) is 9.59 Å². The molecular weight excluding hydrogens is 228 g/mol. The summed E-state index contributed by atoms with van der Waals surface area (Å²) in [7, 11) is 1.41. The van der Waals surface area contributed by atoms with E-state index in [0.717, 1.165) is 12.8 Å². The number of allylic oxidation sites excluding steroid dienone is 2. The molecule has 3 heteroatoms. The summed E-state index contributed by atoms with van der Waals surface area (Å²) in [6, 6.07) is 0. The van der Waals surface area contributed by atoms with Crippen LogP contribution < -0.4 is 0 Å². The average molecular weight is 252 g/mol. The van der Waals surface area contributed by atoms with Crippen molar-refractivity contribution in [3.05, 3.63) is 11.6 Å². The Balaban J connectivity index is 2.91. The Labute approximate surface area is 110 Å². The Morgan fingerprint density at radius 3 is 2.50 bits per heavy atom. The van der Waals surface area contributed by atoms with Crippen LogP contribution >= 0.6 is 0 Å². The lowest BCUT2D eigenvalue weighted by molar-refractivity contribution is -0.147. The first-order valence-electron chi connectivity index (χ1n) is 6.64. The van der Waals surface area contributed by atoms with Gasteiger partial charge in [0.15, 0.2) is 0 Å². The lowest BCUT2D eigenvalue weighted by atomic mass is 9.70. The minimum absolute atomic E-state index is 0.0517. The summed E-state index contributed by atoms with van der Waals surface area (Å²) < 4.78 is 4.80. The number of ether oxygens (including phenoxy) is 1. The number of methoxy groups -OCH3 is 1. The Hall–Kier alpha value is -1.12. The summed E-state index contributed by atoms with van der Waals surface area (Å²) in [5.74, 6) is 0.195. The number of carbonyl (C=O) groups excluding carboxylic acids is 2. The largest absolute Gasteiger partial charge is 0.469 e. The molecule has 0 radical (unpaired) electrons. The quantitative estimate of drug-likeness (QED) is 0.570. The Kier molecular flexibility index (Phi) is 5.12. The molecule has 4 atom stereocenters. The van der Waals surface area contributed by atoms with E-state index in [-0.39, 0.29) is 35.4 Å². The van der Waals surface area contributed by atoms with Crippen LogP contribution in [0.5, 0.6) is 0 Å². The molecule has 0 aromatic rings. The van der Waals surface area contributed by atoms with Crippen molar-refractivity contribution in [2.45, 2.75) is 40.5 Å². The number of rotatable bonds is 4. The Morgan fingerprint density at radius 1 is 1.39 bits per heavy atom. The van der Waals surface area contributed by atoms with E-state index in [1.807, 2.05) is 13.8 Å². The molecule has 1 rings (SSSR count). The molecule has 1 aliphatic carbocycles. The zero-order chi connectivity index (χ0) is 13.9. The first-order chi connectivity index (χ1) is 8.38. The smallest absolute Gasteiger partial charge is 0.308 e. The van der Waals surface area contributed by atoms with E-state index in [9.17, 15) is 9.59 Å². The normalized spacial score (nSPS) is 27.1. The highest BCUT2D eigenvalue weighted by Crippen LogP contribution is 2.37. The van der Waals surface area contributed by atoms with E-state index < -0.39 is 0 Å². The second kappa shape index (κ2) is 6.17. The van der Waals surface area contributed by atoms with Crippen LogP contribution in [0.1, 0.15) is 40.5 Å². The van der Waals surface area contributed by atoms with Crippen molar-refractivity contribution in [2.75, 3.05) is 7.11 Å². The van der Waals surface area contributed by atoms with Gasteiger partial charge in [0.1, 0.15) is 5.78 Å². The van der Waals surface area contributed by atoms with Crippen LogP contribution in [0.15, 0.2) is 11.6 Å². The third-order valence-corrected chi connectivity index (χ3v) is 4.28. The molecule has 0 aromatic heterocycles. The van der Waals surface area contributed by atoms with Gasteiger partial charge in [-0.25, -0.2) is 0 Å². The van der Waals surface area contributed by atoms with Gasteiger partial charge in [-0.1, -0.05) is 25.5 Å². The molecule has 0 bridgehead atoms. The van der Waals surface area contributed by atoms with Gasteiger partial charge < -0.3 is 4.74 Å². The molecule has 1 aliphatic rings. The zero-order valence-electron chi connectivity index (χ0n) is 12.0. The van der Waals surface area contributed by atoms with Crippen molar-refractivity contribution in [1.29, 1.82) is 0 Å². The van der Waals surface area contributed by atoms with Crippen LogP contribution in [-0.4, -0.2) is 18.9 Å². The van der Waals surface area contributed by atoms with Gasteiger partial charge in [0.25, 0.3) is 0 Å². The maximum Gasteiger partial charge on any atom is 0.308 e. The molecule has 0 spiro atoms. The number of hydrogen-bond acceptors (Lipinski definition) is 3. The maximum absolute atomic E-state index is 11.7. The number of hydrogen-bond donors (Lipinski definition) is 0. The van der Waals surface area contributed by atoms with Crippen molar-refractivity contribution < 1.29 is 14.3 Å². The van der Waals surface area contributed by atoms with E-state index in [0.29, 0.717) is 0 Å².